The molecule has 3 nitrogen and oxygen atoms in total. The van der Waals surface area contributed by atoms with Crippen LogP contribution in [0, 0.1) is 0 Å². The zero-order valence-electron chi connectivity index (χ0n) is 11.3. The summed E-state index contributed by atoms with van der Waals surface area (Å²) < 4.78 is 0. The third-order valence-corrected chi connectivity index (χ3v) is 3.69. The standard InChI is InChI=1S/C16H18N2O.ClH/c19-16(18-10-8-17-9-11-18)12-14-6-3-5-13-4-1-2-7-15(13)14;/h1-7,17H,8-12H2;1H. The number of carbonyl (C=O) groups excluding carboxylic acids is 1. The maximum atomic E-state index is 12.3. The van der Waals surface area contributed by atoms with E-state index in [9.17, 15) is 4.79 Å². The zero-order valence-corrected chi connectivity index (χ0v) is 12.2. The Labute approximate surface area is 125 Å². The molecule has 1 aliphatic rings. The first-order valence-electron chi connectivity index (χ1n) is 6.80. The highest BCUT2D eigenvalue weighted by Gasteiger charge is 2.16. The Morgan fingerprint density at radius 3 is 2.55 bits per heavy atom. The molecular formula is C16H19ClN2O. The summed E-state index contributed by atoms with van der Waals surface area (Å²) in [5, 5.41) is 5.66. The molecule has 0 atom stereocenters. The van der Waals surface area contributed by atoms with Crippen molar-refractivity contribution >= 4 is 29.1 Å². The van der Waals surface area contributed by atoms with Crippen LogP contribution >= 0.6 is 12.4 Å². The number of amides is 1. The number of halogens is 1. The summed E-state index contributed by atoms with van der Waals surface area (Å²) in [7, 11) is 0. The topological polar surface area (TPSA) is 32.3 Å². The molecular weight excluding hydrogens is 272 g/mol. The molecule has 1 amide bonds. The van der Waals surface area contributed by atoms with E-state index in [0.717, 1.165) is 31.7 Å². The predicted octanol–water partition coefficient (Wildman–Crippen LogP) is 2.24. The third-order valence-electron chi connectivity index (χ3n) is 3.69. The summed E-state index contributed by atoms with van der Waals surface area (Å²) in [5.41, 5.74) is 1.13. The highest BCUT2D eigenvalue weighted by atomic mass is 35.5. The molecule has 0 saturated carbocycles. The van der Waals surface area contributed by atoms with E-state index in [0.29, 0.717) is 6.42 Å². The van der Waals surface area contributed by atoms with Gasteiger partial charge in [0.2, 0.25) is 5.91 Å². The molecule has 2 aromatic carbocycles. The van der Waals surface area contributed by atoms with E-state index in [1.54, 1.807) is 0 Å². The maximum Gasteiger partial charge on any atom is 0.227 e. The average Bonchev–Trinajstić information content (AvgIpc) is 2.48. The first-order chi connectivity index (χ1) is 9.34. The van der Waals surface area contributed by atoms with Gasteiger partial charge in [0.1, 0.15) is 0 Å². The smallest absolute Gasteiger partial charge is 0.227 e. The van der Waals surface area contributed by atoms with Crippen molar-refractivity contribution in [3.63, 3.8) is 0 Å². The van der Waals surface area contributed by atoms with Crippen LogP contribution in [-0.2, 0) is 11.2 Å². The van der Waals surface area contributed by atoms with Crippen molar-refractivity contribution in [2.45, 2.75) is 6.42 Å². The molecule has 1 aliphatic heterocycles. The molecule has 0 spiro atoms. The zero-order chi connectivity index (χ0) is 13.1. The number of nitrogens with zero attached hydrogens (tertiary/aromatic N) is 1. The van der Waals surface area contributed by atoms with Crippen molar-refractivity contribution in [1.82, 2.24) is 10.2 Å². The van der Waals surface area contributed by atoms with Gasteiger partial charge in [0.15, 0.2) is 0 Å². The van der Waals surface area contributed by atoms with Crippen molar-refractivity contribution in [3.05, 3.63) is 48.0 Å². The highest BCUT2D eigenvalue weighted by Crippen LogP contribution is 2.19. The summed E-state index contributed by atoms with van der Waals surface area (Å²) >= 11 is 0. The lowest BCUT2D eigenvalue weighted by atomic mass is 10.0. The molecule has 1 heterocycles. The Balaban J connectivity index is 0.00000147. The fourth-order valence-corrected chi connectivity index (χ4v) is 2.64. The molecule has 0 bridgehead atoms. The SMILES string of the molecule is Cl.O=C(Cc1cccc2ccccc12)N1CCNCC1. The van der Waals surface area contributed by atoms with Gasteiger partial charge in [-0.05, 0) is 16.3 Å². The average molecular weight is 291 g/mol. The number of hydrogen-bond acceptors (Lipinski definition) is 2. The molecule has 0 radical (unpaired) electrons. The van der Waals surface area contributed by atoms with Crippen LogP contribution in [0.15, 0.2) is 42.5 Å². The van der Waals surface area contributed by atoms with Gasteiger partial charge in [-0.1, -0.05) is 42.5 Å². The summed E-state index contributed by atoms with van der Waals surface area (Å²) in [4.78, 5) is 14.3. The van der Waals surface area contributed by atoms with Crippen LogP contribution in [-0.4, -0.2) is 37.0 Å². The Morgan fingerprint density at radius 1 is 1.05 bits per heavy atom. The number of carbonyl (C=O) groups is 1. The largest absolute Gasteiger partial charge is 0.340 e. The number of fused-ring (bicyclic) bond motifs is 1. The van der Waals surface area contributed by atoms with Crippen LogP contribution in [0.1, 0.15) is 5.56 Å². The Hall–Kier alpha value is -1.58. The second kappa shape index (κ2) is 6.73. The molecule has 106 valence electrons. The number of rotatable bonds is 2. The third kappa shape index (κ3) is 3.11. The van der Waals surface area contributed by atoms with Gasteiger partial charge >= 0.3 is 0 Å². The molecule has 2 aromatic rings. The first-order valence-corrected chi connectivity index (χ1v) is 6.80. The van der Waals surface area contributed by atoms with Crippen molar-refractivity contribution in [3.8, 4) is 0 Å². The lowest BCUT2D eigenvalue weighted by molar-refractivity contribution is -0.131. The summed E-state index contributed by atoms with van der Waals surface area (Å²) in [6.07, 6.45) is 0.501. The summed E-state index contributed by atoms with van der Waals surface area (Å²) in [5.74, 6) is 0.234. The predicted molar refractivity (Wildman–Crippen MR) is 84.3 cm³/mol. The first kappa shape index (κ1) is 14.8. The van der Waals surface area contributed by atoms with E-state index in [2.05, 4.69) is 29.6 Å². The second-order valence-corrected chi connectivity index (χ2v) is 4.95. The molecule has 0 unspecified atom stereocenters. The Morgan fingerprint density at radius 2 is 1.75 bits per heavy atom. The molecule has 20 heavy (non-hydrogen) atoms. The van der Waals surface area contributed by atoms with Crippen molar-refractivity contribution in [2.24, 2.45) is 0 Å². The lowest BCUT2D eigenvalue weighted by Gasteiger charge is -2.27. The van der Waals surface area contributed by atoms with Gasteiger partial charge in [0.25, 0.3) is 0 Å². The van der Waals surface area contributed by atoms with Gasteiger partial charge in [-0.15, -0.1) is 12.4 Å². The van der Waals surface area contributed by atoms with Crippen LogP contribution in [0.4, 0.5) is 0 Å². The Kier molecular flexibility index (Phi) is 4.99. The highest BCUT2D eigenvalue weighted by molar-refractivity contribution is 5.90. The van der Waals surface area contributed by atoms with E-state index in [-0.39, 0.29) is 18.3 Å². The van der Waals surface area contributed by atoms with E-state index in [4.69, 9.17) is 0 Å². The van der Waals surface area contributed by atoms with Crippen LogP contribution in [0.2, 0.25) is 0 Å². The van der Waals surface area contributed by atoms with Gasteiger partial charge in [-0.2, -0.15) is 0 Å². The van der Waals surface area contributed by atoms with Crippen molar-refractivity contribution < 1.29 is 4.79 Å². The van der Waals surface area contributed by atoms with Gasteiger partial charge < -0.3 is 10.2 Å². The monoisotopic (exact) mass is 290 g/mol. The van der Waals surface area contributed by atoms with E-state index < -0.39 is 0 Å². The lowest BCUT2D eigenvalue weighted by Crippen LogP contribution is -2.46. The maximum absolute atomic E-state index is 12.3. The van der Waals surface area contributed by atoms with Gasteiger partial charge in [-0.3, -0.25) is 4.79 Å². The van der Waals surface area contributed by atoms with E-state index in [1.807, 2.05) is 23.1 Å². The minimum Gasteiger partial charge on any atom is -0.340 e. The van der Waals surface area contributed by atoms with Gasteiger partial charge in [-0.25, -0.2) is 0 Å². The van der Waals surface area contributed by atoms with Crippen LogP contribution in [0.25, 0.3) is 10.8 Å². The van der Waals surface area contributed by atoms with Crippen LogP contribution < -0.4 is 5.32 Å². The Bertz CT molecular complexity index is 589. The minimum atomic E-state index is 0. The van der Waals surface area contributed by atoms with Crippen molar-refractivity contribution in [1.29, 1.82) is 0 Å². The van der Waals surface area contributed by atoms with E-state index >= 15 is 0 Å². The minimum absolute atomic E-state index is 0. The fourth-order valence-electron chi connectivity index (χ4n) is 2.64. The molecule has 1 fully saturated rings. The number of hydrogen-bond donors (Lipinski definition) is 1. The number of nitrogens with one attached hydrogen (secondary N) is 1. The summed E-state index contributed by atoms with van der Waals surface area (Å²) in [6, 6.07) is 14.4. The molecule has 1 saturated heterocycles. The van der Waals surface area contributed by atoms with E-state index in [1.165, 1.54) is 10.8 Å². The van der Waals surface area contributed by atoms with Crippen LogP contribution in [0.3, 0.4) is 0 Å². The number of benzene rings is 2. The molecule has 0 aromatic heterocycles. The molecule has 1 N–H and O–H groups in total. The number of piperazine rings is 1. The molecule has 0 aliphatic carbocycles. The second-order valence-electron chi connectivity index (χ2n) is 4.95. The van der Waals surface area contributed by atoms with Gasteiger partial charge in [0, 0.05) is 26.2 Å². The quantitative estimate of drug-likeness (QED) is 0.920. The molecule has 3 rings (SSSR count). The normalized spacial score (nSPS) is 14.9. The fraction of sp³-hybridized carbons (Fsp3) is 0.312. The summed E-state index contributed by atoms with van der Waals surface area (Å²) in [6.45, 7) is 3.45. The van der Waals surface area contributed by atoms with Crippen LogP contribution in [0.5, 0.6) is 0 Å². The van der Waals surface area contributed by atoms with Crippen molar-refractivity contribution in [2.75, 3.05) is 26.2 Å². The molecule has 4 heteroatoms. The van der Waals surface area contributed by atoms with Gasteiger partial charge in [0.05, 0.1) is 6.42 Å².